The number of ether oxygens (including phenoxy) is 1. The number of benzene rings is 2. The maximum Gasteiger partial charge on any atom is 0.0779 e. The molecule has 19 heavy (non-hydrogen) atoms. The van der Waals surface area contributed by atoms with Crippen LogP contribution >= 0.6 is 0 Å². The van der Waals surface area contributed by atoms with Crippen LogP contribution in [0.2, 0.25) is 0 Å². The van der Waals surface area contributed by atoms with Gasteiger partial charge < -0.3 is 10.1 Å². The van der Waals surface area contributed by atoms with Crippen LogP contribution in [0.3, 0.4) is 0 Å². The molecule has 3 rings (SSSR count). The van der Waals surface area contributed by atoms with Crippen LogP contribution in [0.4, 0.5) is 0 Å². The summed E-state index contributed by atoms with van der Waals surface area (Å²) in [5.74, 6) is 0. The fourth-order valence-corrected chi connectivity index (χ4v) is 2.80. The molecule has 1 aliphatic rings. The van der Waals surface area contributed by atoms with Crippen molar-refractivity contribution >= 4 is 10.8 Å². The predicted molar refractivity (Wildman–Crippen MR) is 79.2 cm³/mol. The van der Waals surface area contributed by atoms with Gasteiger partial charge in [-0.15, -0.1) is 0 Å². The number of hydrogen-bond donors (Lipinski definition) is 1. The molecule has 2 nitrogen and oxygen atoms in total. The van der Waals surface area contributed by atoms with E-state index in [1.807, 2.05) is 0 Å². The number of nitrogens with one attached hydrogen (secondary N) is 1. The Balaban J connectivity index is 1.62. The van der Waals surface area contributed by atoms with Crippen molar-refractivity contribution < 1.29 is 4.74 Å². The summed E-state index contributed by atoms with van der Waals surface area (Å²) < 4.78 is 5.79. The van der Waals surface area contributed by atoms with Gasteiger partial charge in [-0.3, -0.25) is 0 Å². The van der Waals surface area contributed by atoms with Crippen molar-refractivity contribution in [1.82, 2.24) is 5.32 Å². The van der Waals surface area contributed by atoms with Gasteiger partial charge in [0, 0.05) is 19.7 Å². The first kappa shape index (κ1) is 12.6. The third-order valence-corrected chi connectivity index (χ3v) is 3.94. The lowest BCUT2D eigenvalue weighted by molar-refractivity contribution is 0.0207. The van der Waals surface area contributed by atoms with Gasteiger partial charge in [-0.25, -0.2) is 0 Å². The first-order chi connectivity index (χ1) is 9.25. The minimum atomic E-state index is 0.0385. The maximum atomic E-state index is 5.79. The molecule has 1 atom stereocenters. The zero-order valence-electron chi connectivity index (χ0n) is 11.5. The average molecular weight is 255 g/mol. The highest BCUT2D eigenvalue weighted by molar-refractivity contribution is 5.82. The highest BCUT2D eigenvalue weighted by Gasteiger charge is 2.28. The topological polar surface area (TPSA) is 21.3 Å². The van der Waals surface area contributed by atoms with E-state index in [0.29, 0.717) is 0 Å². The Morgan fingerprint density at radius 3 is 2.79 bits per heavy atom. The van der Waals surface area contributed by atoms with Gasteiger partial charge in [0.15, 0.2) is 0 Å². The molecule has 0 amide bonds. The molecule has 0 saturated carbocycles. The molecule has 0 aromatic heterocycles. The molecule has 2 aromatic carbocycles. The summed E-state index contributed by atoms with van der Waals surface area (Å²) in [7, 11) is 0. The van der Waals surface area contributed by atoms with Crippen molar-refractivity contribution in [2.45, 2.75) is 31.9 Å². The Morgan fingerprint density at radius 1 is 1.16 bits per heavy atom. The summed E-state index contributed by atoms with van der Waals surface area (Å²) in [6, 6.07) is 15.2. The van der Waals surface area contributed by atoms with E-state index in [0.717, 1.165) is 26.1 Å². The second kappa shape index (κ2) is 5.32. The molecule has 1 heterocycles. The van der Waals surface area contributed by atoms with Crippen LogP contribution < -0.4 is 5.32 Å². The van der Waals surface area contributed by atoms with Crippen LogP contribution in [-0.4, -0.2) is 18.8 Å². The SMILES string of the molecule is CC1(CNCc2ccc3ccccc3c2)CCCO1. The van der Waals surface area contributed by atoms with Crippen molar-refractivity contribution in [3.63, 3.8) is 0 Å². The van der Waals surface area contributed by atoms with Crippen molar-refractivity contribution in [1.29, 1.82) is 0 Å². The highest BCUT2D eigenvalue weighted by atomic mass is 16.5. The Labute approximate surface area is 114 Å². The number of rotatable bonds is 4. The largest absolute Gasteiger partial charge is 0.374 e. The van der Waals surface area contributed by atoms with E-state index in [4.69, 9.17) is 4.74 Å². The van der Waals surface area contributed by atoms with Gasteiger partial charge in [0.1, 0.15) is 0 Å². The summed E-state index contributed by atoms with van der Waals surface area (Å²) >= 11 is 0. The van der Waals surface area contributed by atoms with E-state index in [9.17, 15) is 0 Å². The maximum absolute atomic E-state index is 5.79. The van der Waals surface area contributed by atoms with Crippen LogP contribution in [0.25, 0.3) is 10.8 Å². The van der Waals surface area contributed by atoms with E-state index in [2.05, 4.69) is 54.7 Å². The van der Waals surface area contributed by atoms with Gasteiger partial charge in [-0.05, 0) is 42.2 Å². The molecule has 100 valence electrons. The van der Waals surface area contributed by atoms with Gasteiger partial charge in [-0.2, -0.15) is 0 Å². The van der Waals surface area contributed by atoms with Gasteiger partial charge >= 0.3 is 0 Å². The Morgan fingerprint density at radius 2 is 2.00 bits per heavy atom. The molecule has 2 heteroatoms. The summed E-state index contributed by atoms with van der Waals surface area (Å²) in [5, 5.41) is 6.14. The molecule has 1 saturated heterocycles. The quantitative estimate of drug-likeness (QED) is 0.903. The first-order valence-electron chi connectivity index (χ1n) is 7.08. The Kier molecular flexibility index (Phi) is 3.54. The number of fused-ring (bicyclic) bond motifs is 1. The Hall–Kier alpha value is -1.38. The van der Waals surface area contributed by atoms with E-state index >= 15 is 0 Å². The molecule has 1 unspecified atom stereocenters. The van der Waals surface area contributed by atoms with Crippen LogP contribution in [-0.2, 0) is 11.3 Å². The lowest BCUT2D eigenvalue weighted by atomic mass is 10.0. The van der Waals surface area contributed by atoms with Crippen LogP contribution in [0.5, 0.6) is 0 Å². The summed E-state index contributed by atoms with van der Waals surface area (Å²) in [6.07, 6.45) is 2.35. The van der Waals surface area contributed by atoms with Gasteiger partial charge in [-0.1, -0.05) is 36.4 Å². The van der Waals surface area contributed by atoms with E-state index in [-0.39, 0.29) is 5.60 Å². The van der Waals surface area contributed by atoms with E-state index < -0.39 is 0 Å². The van der Waals surface area contributed by atoms with Gasteiger partial charge in [0.25, 0.3) is 0 Å². The Bertz CT molecular complexity index is 558. The van der Waals surface area contributed by atoms with Crippen LogP contribution in [0.1, 0.15) is 25.3 Å². The summed E-state index contributed by atoms with van der Waals surface area (Å²) in [5.41, 5.74) is 1.37. The number of hydrogen-bond acceptors (Lipinski definition) is 2. The minimum absolute atomic E-state index is 0.0385. The molecule has 1 N–H and O–H groups in total. The summed E-state index contributed by atoms with van der Waals surface area (Å²) in [4.78, 5) is 0. The normalized spacial score (nSPS) is 23.0. The molecule has 0 radical (unpaired) electrons. The molecule has 0 spiro atoms. The van der Waals surface area contributed by atoms with Crippen molar-refractivity contribution in [2.24, 2.45) is 0 Å². The lowest BCUT2D eigenvalue weighted by Crippen LogP contribution is -2.36. The van der Waals surface area contributed by atoms with E-state index in [1.54, 1.807) is 0 Å². The third kappa shape index (κ3) is 2.96. The van der Waals surface area contributed by atoms with Gasteiger partial charge in [0.05, 0.1) is 5.60 Å². The fourth-order valence-electron chi connectivity index (χ4n) is 2.80. The molecular formula is C17H21NO. The minimum Gasteiger partial charge on any atom is -0.374 e. The summed E-state index contributed by atoms with van der Waals surface area (Å²) in [6.45, 7) is 4.95. The fraction of sp³-hybridized carbons (Fsp3) is 0.412. The molecule has 2 aromatic rings. The zero-order valence-corrected chi connectivity index (χ0v) is 11.5. The first-order valence-corrected chi connectivity index (χ1v) is 7.08. The second-order valence-corrected chi connectivity index (χ2v) is 5.69. The van der Waals surface area contributed by atoms with Crippen LogP contribution in [0, 0.1) is 0 Å². The molecule has 1 aliphatic heterocycles. The lowest BCUT2D eigenvalue weighted by Gasteiger charge is -2.23. The molecular weight excluding hydrogens is 234 g/mol. The monoisotopic (exact) mass is 255 g/mol. The third-order valence-electron chi connectivity index (χ3n) is 3.94. The van der Waals surface area contributed by atoms with Gasteiger partial charge in [0.2, 0.25) is 0 Å². The van der Waals surface area contributed by atoms with Crippen molar-refractivity contribution in [3.8, 4) is 0 Å². The predicted octanol–water partition coefficient (Wildman–Crippen LogP) is 3.50. The second-order valence-electron chi connectivity index (χ2n) is 5.69. The standard InChI is InChI=1S/C17H21NO/c1-17(9-4-10-19-17)13-18-12-14-7-8-15-5-2-3-6-16(15)11-14/h2-3,5-8,11,18H,4,9-10,12-13H2,1H3. The highest BCUT2D eigenvalue weighted by Crippen LogP contribution is 2.24. The molecule has 0 aliphatic carbocycles. The van der Waals surface area contributed by atoms with E-state index in [1.165, 1.54) is 22.8 Å². The zero-order chi connectivity index (χ0) is 13.1. The smallest absolute Gasteiger partial charge is 0.0779 e. The average Bonchev–Trinajstić information content (AvgIpc) is 2.86. The van der Waals surface area contributed by atoms with Crippen LogP contribution in [0.15, 0.2) is 42.5 Å². The van der Waals surface area contributed by atoms with Crippen molar-refractivity contribution in [3.05, 3.63) is 48.0 Å². The van der Waals surface area contributed by atoms with Crippen molar-refractivity contribution in [2.75, 3.05) is 13.2 Å². The molecule has 0 bridgehead atoms. The molecule has 1 fully saturated rings.